The number of carbonyl (C=O) groups is 3. The Kier molecular flexibility index (Phi) is 7.90. The molecule has 0 aromatic heterocycles. The Labute approximate surface area is 174 Å². The smallest absolute Gasteiger partial charge is 0.343 e. The minimum Gasteiger partial charge on any atom is -0.493 e. The van der Waals surface area contributed by atoms with Crippen LogP contribution in [0.15, 0.2) is 29.7 Å². The second kappa shape index (κ2) is 10.2. The highest BCUT2D eigenvalue weighted by Gasteiger charge is 2.37. The van der Waals surface area contributed by atoms with Crippen LogP contribution in [0.5, 0.6) is 11.5 Å². The Bertz CT molecular complexity index is 848. The quantitative estimate of drug-likeness (QED) is 0.342. The summed E-state index contributed by atoms with van der Waals surface area (Å²) in [6.45, 7) is 7.26. The molecule has 0 unspecified atom stereocenters. The summed E-state index contributed by atoms with van der Waals surface area (Å²) >= 11 is 0.919. The molecule has 1 aromatic carbocycles. The van der Waals surface area contributed by atoms with Crippen LogP contribution >= 0.6 is 11.8 Å². The van der Waals surface area contributed by atoms with Crippen LogP contribution < -0.4 is 9.47 Å². The lowest BCUT2D eigenvalue weighted by atomic mass is 10.0. The Morgan fingerprint density at radius 3 is 2.62 bits per heavy atom. The number of amides is 2. The maximum absolute atomic E-state index is 12.7. The molecule has 1 heterocycles. The summed E-state index contributed by atoms with van der Waals surface area (Å²) in [5.41, 5.74) is 1.41. The molecule has 29 heavy (non-hydrogen) atoms. The van der Waals surface area contributed by atoms with Gasteiger partial charge in [-0.15, -0.1) is 6.58 Å². The van der Waals surface area contributed by atoms with Crippen molar-refractivity contribution in [2.45, 2.75) is 32.7 Å². The summed E-state index contributed by atoms with van der Waals surface area (Å²) in [5, 5.41) is -0.271. The number of hydrogen-bond acceptors (Lipinski definition) is 7. The van der Waals surface area contributed by atoms with E-state index < -0.39 is 5.97 Å². The topological polar surface area (TPSA) is 82.1 Å². The lowest BCUT2D eigenvalue weighted by Gasteiger charge is -2.19. The molecule has 0 bridgehead atoms. The summed E-state index contributed by atoms with van der Waals surface area (Å²) in [6.07, 6.45) is 4.50. The summed E-state index contributed by atoms with van der Waals surface area (Å²) in [5.74, 6) is -0.00711. The highest BCUT2D eigenvalue weighted by atomic mass is 32.2. The fourth-order valence-electron chi connectivity index (χ4n) is 2.77. The van der Waals surface area contributed by atoms with E-state index in [1.54, 1.807) is 18.2 Å². The number of nitrogens with zero attached hydrogens (tertiary/aromatic N) is 1. The predicted molar refractivity (Wildman–Crippen MR) is 112 cm³/mol. The minimum absolute atomic E-state index is 0.159. The Hall–Kier alpha value is -2.74. The van der Waals surface area contributed by atoms with Crippen molar-refractivity contribution < 1.29 is 28.6 Å². The first-order valence-electron chi connectivity index (χ1n) is 9.14. The molecule has 1 atom stereocenters. The zero-order chi connectivity index (χ0) is 21.6. The molecule has 0 aliphatic carbocycles. The van der Waals surface area contributed by atoms with Gasteiger partial charge in [0.05, 0.1) is 19.1 Å². The number of allylic oxidation sites excluding steroid dienone is 1. The van der Waals surface area contributed by atoms with E-state index in [2.05, 4.69) is 11.3 Å². The van der Waals surface area contributed by atoms with Crippen molar-refractivity contribution in [3.05, 3.63) is 40.8 Å². The third-order valence-electron chi connectivity index (χ3n) is 4.45. The molecule has 1 aromatic rings. The maximum atomic E-state index is 12.7. The van der Waals surface area contributed by atoms with Gasteiger partial charge in [0.1, 0.15) is 0 Å². The van der Waals surface area contributed by atoms with E-state index in [1.165, 1.54) is 19.1 Å². The first-order valence-corrected chi connectivity index (χ1v) is 9.96. The number of thioether (sulfide) groups is 1. The zero-order valence-electron chi connectivity index (χ0n) is 17.0. The molecule has 1 aliphatic heterocycles. The first kappa shape index (κ1) is 22.5. The number of benzene rings is 1. The SMILES string of the molecule is C=CCc1cc(/C=C2/SC(=O)N([C@@H](C)CC)C2=O)cc(OC)c1OCC(=O)OC. The maximum Gasteiger partial charge on any atom is 0.343 e. The number of hydrogen-bond donors (Lipinski definition) is 0. The van der Waals surface area contributed by atoms with Crippen molar-refractivity contribution in [1.82, 2.24) is 4.90 Å². The van der Waals surface area contributed by atoms with Crippen molar-refractivity contribution in [2.24, 2.45) is 0 Å². The van der Waals surface area contributed by atoms with Gasteiger partial charge in [0.25, 0.3) is 11.1 Å². The van der Waals surface area contributed by atoms with E-state index >= 15 is 0 Å². The van der Waals surface area contributed by atoms with Crippen LogP contribution in [0.3, 0.4) is 0 Å². The van der Waals surface area contributed by atoms with Crippen LogP contribution in [0.2, 0.25) is 0 Å². The van der Waals surface area contributed by atoms with Crippen LogP contribution in [0, 0.1) is 0 Å². The third-order valence-corrected chi connectivity index (χ3v) is 5.34. The van der Waals surface area contributed by atoms with Gasteiger partial charge in [-0.2, -0.15) is 0 Å². The molecule has 7 nitrogen and oxygen atoms in total. The van der Waals surface area contributed by atoms with E-state index in [9.17, 15) is 14.4 Å². The Morgan fingerprint density at radius 2 is 2.03 bits per heavy atom. The number of imide groups is 1. The summed E-state index contributed by atoms with van der Waals surface area (Å²) < 4.78 is 15.6. The number of ether oxygens (including phenoxy) is 3. The van der Waals surface area contributed by atoms with E-state index in [0.717, 1.165) is 17.3 Å². The Balaban J connectivity index is 2.41. The standard InChI is InChI=1S/C21H25NO6S/c1-6-8-15-9-14(10-16(26-4)19(15)28-12-18(23)27-5)11-17-20(24)22(13(3)7-2)21(25)29-17/h6,9-11,13H,1,7-8,12H2,2-5H3/b17-11+/t13-/m0/s1. The summed E-state index contributed by atoms with van der Waals surface area (Å²) in [7, 11) is 2.77. The lowest BCUT2D eigenvalue weighted by Crippen LogP contribution is -2.36. The molecule has 156 valence electrons. The molecular weight excluding hydrogens is 394 g/mol. The summed E-state index contributed by atoms with van der Waals surface area (Å²) in [4.78, 5) is 38.0. The molecule has 2 rings (SSSR count). The molecule has 0 saturated carbocycles. The summed E-state index contributed by atoms with van der Waals surface area (Å²) in [6, 6.07) is 3.35. The van der Waals surface area contributed by atoms with Crippen molar-refractivity contribution >= 4 is 35.0 Å². The molecule has 1 saturated heterocycles. The zero-order valence-corrected chi connectivity index (χ0v) is 17.8. The molecule has 0 spiro atoms. The van der Waals surface area contributed by atoms with Gasteiger partial charge in [-0.1, -0.05) is 13.0 Å². The van der Waals surface area contributed by atoms with Gasteiger partial charge in [0.2, 0.25) is 0 Å². The monoisotopic (exact) mass is 419 g/mol. The average Bonchev–Trinajstić information content (AvgIpc) is 2.99. The van der Waals surface area contributed by atoms with E-state index in [1.807, 2.05) is 19.9 Å². The van der Waals surface area contributed by atoms with Gasteiger partial charge in [0.15, 0.2) is 18.1 Å². The molecule has 0 N–H and O–H groups in total. The second-order valence-corrected chi connectivity index (χ2v) is 7.37. The van der Waals surface area contributed by atoms with Crippen molar-refractivity contribution in [3.8, 4) is 11.5 Å². The van der Waals surface area contributed by atoms with Gasteiger partial charge in [0, 0.05) is 11.6 Å². The van der Waals surface area contributed by atoms with Crippen molar-refractivity contribution in [2.75, 3.05) is 20.8 Å². The number of esters is 1. The van der Waals surface area contributed by atoms with Crippen LogP contribution in [-0.4, -0.2) is 48.9 Å². The van der Waals surface area contributed by atoms with Gasteiger partial charge >= 0.3 is 5.97 Å². The second-order valence-electron chi connectivity index (χ2n) is 6.38. The van der Waals surface area contributed by atoms with Crippen LogP contribution in [0.4, 0.5) is 4.79 Å². The average molecular weight is 419 g/mol. The highest BCUT2D eigenvalue weighted by molar-refractivity contribution is 8.18. The number of carbonyl (C=O) groups excluding carboxylic acids is 3. The molecule has 0 radical (unpaired) electrons. The van der Waals surface area contributed by atoms with Crippen LogP contribution in [-0.2, 0) is 20.7 Å². The molecule has 1 aliphatic rings. The third kappa shape index (κ3) is 5.20. The van der Waals surface area contributed by atoms with E-state index in [-0.39, 0.29) is 23.8 Å². The van der Waals surface area contributed by atoms with Crippen LogP contribution in [0.1, 0.15) is 31.4 Å². The Morgan fingerprint density at radius 1 is 1.31 bits per heavy atom. The number of rotatable bonds is 9. The van der Waals surface area contributed by atoms with Crippen molar-refractivity contribution in [3.63, 3.8) is 0 Å². The van der Waals surface area contributed by atoms with Gasteiger partial charge < -0.3 is 14.2 Å². The normalized spacial score (nSPS) is 16.1. The van der Waals surface area contributed by atoms with Crippen LogP contribution in [0.25, 0.3) is 6.08 Å². The molecule has 1 fully saturated rings. The molecule has 2 amide bonds. The molecular formula is C21H25NO6S. The highest BCUT2D eigenvalue weighted by Crippen LogP contribution is 2.37. The van der Waals surface area contributed by atoms with E-state index in [4.69, 9.17) is 9.47 Å². The molecule has 8 heteroatoms. The van der Waals surface area contributed by atoms with Gasteiger partial charge in [-0.25, -0.2) is 4.79 Å². The lowest BCUT2D eigenvalue weighted by molar-refractivity contribution is -0.143. The first-order chi connectivity index (χ1) is 13.9. The fraction of sp³-hybridized carbons (Fsp3) is 0.381. The van der Waals surface area contributed by atoms with Crippen molar-refractivity contribution in [1.29, 1.82) is 0 Å². The van der Waals surface area contributed by atoms with E-state index in [0.29, 0.717) is 34.8 Å². The predicted octanol–water partition coefficient (Wildman–Crippen LogP) is 3.81. The largest absolute Gasteiger partial charge is 0.493 e. The fourth-order valence-corrected chi connectivity index (χ4v) is 3.70. The number of methoxy groups -OCH3 is 2. The van der Waals surface area contributed by atoms with Gasteiger partial charge in [-0.05, 0) is 55.3 Å². The van der Waals surface area contributed by atoms with Gasteiger partial charge in [-0.3, -0.25) is 14.5 Å². The minimum atomic E-state index is -0.514.